The highest BCUT2D eigenvalue weighted by atomic mass is 16.3. The average molecular weight is 338 g/mol. The van der Waals surface area contributed by atoms with Crippen LogP contribution in [-0.2, 0) is 0 Å². The van der Waals surface area contributed by atoms with Gasteiger partial charge >= 0.3 is 0 Å². The van der Waals surface area contributed by atoms with Crippen LogP contribution < -0.4 is 0 Å². The zero-order chi connectivity index (χ0) is 17.5. The van der Waals surface area contributed by atoms with Crippen LogP contribution in [0.4, 0.5) is 0 Å². The number of likely N-dealkylation sites (N-methyl/N-ethyl adjacent to an activating group) is 1. The molecule has 1 aliphatic heterocycles. The van der Waals surface area contributed by atoms with Crippen molar-refractivity contribution in [2.45, 2.75) is 84.5 Å². The standard InChI is InChI=1S/C21H41N2O/c1-3-5-6-7-8-9-10-11-12-13-14-15-16-21-22-17-18-23(21,4-2)19-20-24/h13-14,24H,3-12,15-20H2,1-2H3/q+1/b14-13+. The topological polar surface area (TPSA) is 32.6 Å². The van der Waals surface area contributed by atoms with Crippen LogP contribution in [0.5, 0.6) is 0 Å². The molecule has 0 aromatic carbocycles. The SMILES string of the molecule is CCCCCCCCCC/C=C/CCC1=NCC[N+]1(CC)CCO. The van der Waals surface area contributed by atoms with Gasteiger partial charge in [-0.15, -0.1) is 0 Å². The Hall–Kier alpha value is -0.670. The molecule has 0 saturated heterocycles. The van der Waals surface area contributed by atoms with Crippen LogP contribution in [0.3, 0.4) is 0 Å². The van der Waals surface area contributed by atoms with Gasteiger partial charge in [-0.25, -0.2) is 4.99 Å². The van der Waals surface area contributed by atoms with E-state index in [1.54, 1.807) is 0 Å². The summed E-state index contributed by atoms with van der Waals surface area (Å²) in [7, 11) is 0. The van der Waals surface area contributed by atoms with E-state index in [-0.39, 0.29) is 6.61 Å². The number of hydrogen-bond donors (Lipinski definition) is 1. The highest BCUT2D eigenvalue weighted by molar-refractivity contribution is 5.77. The van der Waals surface area contributed by atoms with Crippen molar-refractivity contribution in [3.8, 4) is 0 Å². The van der Waals surface area contributed by atoms with E-state index in [1.807, 2.05) is 0 Å². The second-order valence-corrected chi connectivity index (χ2v) is 7.20. The van der Waals surface area contributed by atoms with Gasteiger partial charge in [-0.3, -0.25) is 4.48 Å². The highest BCUT2D eigenvalue weighted by Gasteiger charge is 2.35. The normalized spacial score (nSPS) is 20.9. The lowest BCUT2D eigenvalue weighted by Gasteiger charge is -2.32. The van der Waals surface area contributed by atoms with Crippen LogP contribution in [0.15, 0.2) is 17.1 Å². The lowest BCUT2D eigenvalue weighted by atomic mass is 10.1. The van der Waals surface area contributed by atoms with E-state index in [0.29, 0.717) is 0 Å². The van der Waals surface area contributed by atoms with Gasteiger partial charge in [0.1, 0.15) is 13.1 Å². The van der Waals surface area contributed by atoms with Crippen molar-refractivity contribution in [3.63, 3.8) is 0 Å². The van der Waals surface area contributed by atoms with Crippen molar-refractivity contribution in [3.05, 3.63) is 12.2 Å². The summed E-state index contributed by atoms with van der Waals surface area (Å²) in [5.41, 5.74) is 0. The fraction of sp³-hybridized carbons (Fsp3) is 0.857. The third-order valence-electron chi connectivity index (χ3n) is 5.43. The summed E-state index contributed by atoms with van der Waals surface area (Å²) in [6.45, 7) is 8.66. The van der Waals surface area contributed by atoms with E-state index in [2.05, 4.69) is 26.0 Å². The predicted molar refractivity (Wildman–Crippen MR) is 106 cm³/mol. The zero-order valence-corrected chi connectivity index (χ0v) is 16.3. The molecule has 0 bridgehead atoms. The van der Waals surface area contributed by atoms with Crippen molar-refractivity contribution in [1.82, 2.24) is 0 Å². The number of aliphatic imine (C=N–C) groups is 1. The van der Waals surface area contributed by atoms with E-state index in [0.717, 1.165) is 43.5 Å². The van der Waals surface area contributed by atoms with Gasteiger partial charge in [-0.1, -0.05) is 64.0 Å². The summed E-state index contributed by atoms with van der Waals surface area (Å²) in [5.74, 6) is 1.31. The number of allylic oxidation sites excluding steroid dienone is 2. The number of rotatable bonds is 15. The molecular formula is C21H41N2O+. The second kappa shape index (κ2) is 13.6. The third kappa shape index (κ3) is 7.94. The van der Waals surface area contributed by atoms with Gasteiger partial charge in [-0.2, -0.15) is 0 Å². The van der Waals surface area contributed by atoms with Crippen LogP contribution in [0.1, 0.15) is 84.5 Å². The molecule has 1 heterocycles. The highest BCUT2D eigenvalue weighted by Crippen LogP contribution is 2.18. The van der Waals surface area contributed by atoms with E-state index in [1.165, 1.54) is 63.6 Å². The molecule has 1 N–H and O–H groups in total. The molecule has 0 aromatic heterocycles. The van der Waals surface area contributed by atoms with Crippen LogP contribution in [0, 0.1) is 0 Å². The third-order valence-corrected chi connectivity index (χ3v) is 5.43. The molecule has 140 valence electrons. The summed E-state index contributed by atoms with van der Waals surface area (Å²) in [4.78, 5) is 4.71. The summed E-state index contributed by atoms with van der Waals surface area (Å²) in [5, 5.41) is 9.33. The molecular weight excluding hydrogens is 296 g/mol. The molecule has 0 saturated carbocycles. The van der Waals surface area contributed by atoms with Gasteiger partial charge in [0.25, 0.3) is 0 Å². The fourth-order valence-electron chi connectivity index (χ4n) is 3.74. The average Bonchev–Trinajstić information content (AvgIpc) is 2.99. The lowest BCUT2D eigenvalue weighted by molar-refractivity contribution is -0.835. The smallest absolute Gasteiger partial charge is 0.198 e. The first-order valence-corrected chi connectivity index (χ1v) is 10.4. The molecule has 0 amide bonds. The van der Waals surface area contributed by atoms with Crippen LogP contribution in [0.2, 0.25) is 0 Å². The quantitative estimate of drug-likeness (QED) is 0.252. The van der Waals surface area contributed by atoms with Crippen molar-refractivity contribution in [2.24, 2.45) is 4.99 Å². The predicted octanol–water partition coefficient (Wildman–Crippen LogP) is 5.09. The Morgan fingerprint density at radius 3 is 2.29 bits per heavy atom. The minimum atomic E-state index is 0.265. The maximum absolute atomic E-state index is 9.33. The number of quaternary nitrogens is 1. The Morgan fingerprint density at radius 1 is 0.958 bits per heavy atom. The first-order chi connectivity index (χ1) is 11.8. The number of nitrogens with zero attached hydrogens (tertiary/aromatic N) is 2. The summed E-state index contributed by atoms with van der Waals surface area (Å²) in [6.07, 6.45) is 19.2. The summed E-state index contributed by atoms with van der Waals surface area (Å²) in [6, 6.07) is 0. The van der Waals surface area contributed by atoms with Gasteiger partial charge in [0.15, 0.2) is 5.84 Å². The Kier molecular flexibility index (Phi) is 12.1. The maximum Gasteiger partial charge on any atom is 0.198 e. The largest absolute Gasteiger partial charge is 0.390 e. The van der Waals surface area contributed by atoms with Gasteiger partial charge in [0, 0.05) is 6.42 Å². The van der Waals surface area contributed by atoms with Crippen molar-refractivity contribution in [1.29, 1.82) is 0 Å². The minimum Gasteiger partial charge on any atom is -0.390 e. The Morgan fingerprint density at radius 2 is 1.62 bits per heavy atom. The molecule has 0 fully saturated rings. The Labute approximate surface area is 150 Å². The van der Waals surface area contributed by atoms with Crippen molar-refractivity contribution >= 4 is 5.84 Å². The van der Waals surface area contributed by atoms with Gasteiger partial charge in [0.2, 0.25) is 0 Å². The van der Waals surface area contributed by atoms with Crippen molar-refractivity contribution < 1.29 is 9.59 Å². The van der Waals surface area contributed by atoms with Gasteiger partial charge in [0.05, 0.1) is 19.7 Å². The number of hydrogen-bond acceptors (Lipinski definition) is 2. The minimum absolute atomic E-state index is 0.265. The molecule has 1 rings (SSSR count). The molecule has 3 heteroatoms. The van der Waals surface area contributed by atoms with Crippen LogP contribution >= 0.6 is 0 Å². The van der Waals surface area contributed by atoms with Gasteiger partial charge < -0.3 is 5.11 Å². The van der Waals surface area contributed by atoms with Crippen LogP contribution in [0.25, 0.3) is 0 Å². The number of amidine groups is 1. The fourth-order valence-corrected chi connectivity index (χ4v) is 3.74. The molecule has 0 spiro atoms. The van der Waals surface area contributed by atoms with Crippen LogP contribution in [-0.4, -0.2) is 48.2 Å². The molecule has 1 atom stereocenters. The second-order valence-electron chi connectivity index (χ2n) is 7.20. The van der Waals surface area contributed by atoms with E-state index < -0.39 is 0 Å². The first kappa shape index (κ1) is 21.4. The molecule has 0 aliphatic carbocycles. The first-order valence-electron chi connectivity index (χ1n) is 10.4. The maximum atomic E-state index is 9.33. The summed E-state index contributed by atoms with van der Waals surface area (Å²) >= 11 is 0. The number of aliphatic hydroxyl groups is 1. The number of aliphatic hydroxyl groups excluding tert-OH is 1. The lowest BCUT2D eigenvalue weighted by Crippen LogP contribution is -2.52. The zero-order valence-electron chi connectivity index (χ0n) is 16.3. The van der Waals surface area contributed by atoms with E-state index >= 15 is 0 Å². The Bertz CT molecular complexity index is 365. The monoisotopic (exact) mass is 337 g/mol. The molecule has 1 aliphatic rings. The molecule has 0 radical (unpaired) electrons. The van der Waals surface area contributed by atoms with Gasteiger partial charge in [-0.05, 0) is 26.2 Å². The number of unbranched alkanes of at least 4 members (excludes halogenated alkanes) is 8. The summed E-state index contributed by atoms with van der Waals surface area (Å²) < 4.78 is 0.919. The van der Waals surface area contributed by atoms with E-state index in [9.17, 15) is 5.11 Å². The molecule has 1 unspecified atom stereocenters. The molecule has 0 aromatic rings. The Balaban J connectivity index is 2.05. The molecule has 24 heavy (non-hydrogen) atoms. The van der Waals surface area contributed by atoms with Crippen molar-refractivity contribution in [2.75, 3.05) is 32.8 Å². The van der Waals surface area contributed by atoms with E-state index in [4.69, 9.17) is 4.99 Å². The molecule has 3 nitrogen and oxygen atoms in total.